The Hall–Kier alpha value is -1.88. The summed E-state index contributed by atoms with van der Waals surface area (Å²) in [6.45, 7) is 3.36. The number of carbonyl (C=O) groups excluding carboxylic acids is 1. The van der Waals surface area contributed by atoms with Crippen molar-refractivity contribution in [2.45, 2.75) is 38.6 Å². The molecule has 1 aliphatic heterocycles. The Balaban J connectivity index is 1.47. The van der Waals surface area contributed by atoms with Crippen LogP contribution >= 0.6 is 11.3 Å². The lowest BCUT2D eigenvalue weighted by molar-refractivity contribution is -0.132. The van der Waals surface area contributed by atoms with Crippen LogP contribution in [0.5, 0.6) is 5.75 Å². The van der Waals surface area contributed by atoms with Crippen molar-refractivity contribution in [2.24, 2.45) is 0 Å². The third-order valence-corrected chi connectivity index (χ3v) is 5.36. The van der Waals surface area contributed by atoms with Crippen LogP contribution in [0.2, 0.25) is 0 Å². The number of amides is 1. The maximum atomic E-state index is 13.1. The molecule has 2 aromatic rings. The van der Waals surface area contributed by atoms with Crippen molar-refractivity contribution in [2.75, 3.05) is 13.2 Å². The van der Waals surface area contributed by atoms with Crippen molar-refractivity contribution in [1.29, 1.82) is 0 Å². The molecule has 0 bridgehead atoms. The number of ether oxygens (including phenoxy) is 1. The number of nitrogens with zero attached hydrogens (tertiary/aromatic N) is 1. The Morgan fingerprint density at radius 1 is 1.38 bits per heavy atom. The normalized spacial score (nSPS) is 17.2. The predicted octanol–water partition coefficient (Wildman–Crippen LogP) is 4.72. The van der Waals surface area contributed by atoms with Gasteiger partial charge in [-0.25, -0.2) is 4.39 Å². The molecule has 0 aliphatic carbocycles. The van der Waals surface area contributed by atoms with E-state index in [9.17, 15) is 9.18 Å². The van der Waals surface area contributed by atoms with E-state index in [1.807, 2.05) is 4.90 Å². The molecule has 2 heterocycles. The van der Waals surface area contributed by atoms with Gasteiger partial charge in [-0.15, -0.1) is 11.3 Å². The van der Waals surface area contributed by atoms with E-state index >= 15 is 0 Å². The van der Waals surface area contributed by atoms with Crippen LogP contribution in [-0.4, -0.2) is 24.0 Å². The highest BCUT2D eigenvalue weighted by Crippen LogP contribution is 2.36. The summed E-state index contributed by atoms with van der Waals surface area (Å²) in [5.74, 6) is 0.386. The number of benzene rings is 1. The van der Waals surface area contributed by atoms with E-state index in [2.05, 4.69) is 19.1 Å². The van der Waals surface area contributed by atoms with Gasteiger partial charge in [0.05, 0.1) is 12.6 Å². The molecule has 1 unspecified atom stereocenters. The van der Waals surface area contributed by atoms with E-state index in [1.165, 1.54) is 21.9 Å². The molecular weight excluding hydrogens is 325 g/mol. The molecule has 0 spiro atoms. The minimum absolute atomic E-state index is 0.186. The molecule has 0 radical (unpaired) electrons. The van der Waals surface area contributed by atoms with Gasteiger partial charge in [-0.1, -0.05) is 6.07 Å². The fourth-order valence-corrected chi connectivity index (χ4v) is 4.13. The lowest BCUT2D eigenvalue weighted by Gasteiger charge is -2.24. The molecule has 1 amide bonds. The first-order valence-corrected chi connectivity index (χ1v) is 9.19. The molecule has 1 atom stereocenters. The van der Waals surface area contributed by atoms with Crippen molar-refractivity contribution in [3.05, 3.63) is 52.0 Å². The average molecular weight is 347 g/mol. The number of halogens is 1. The zero-order valence-corrected chi connectivity index (χ0v) is 14.7. The lowest BCUT2D eigenvalue weighted by atomic mass is 10.1. The largest absolute Gasteiger partial charge is 0.493 e. The SMILES string of the molecule is Cc1ccc(C2CCCN2C(=O)CCCOc2cccc(F)c2)s1. The van der Waals surface area contributed by atoms with Crippen LogP contribution in [0.3, 0.4) is 0 Å². The van der Waals surface area contributed by atoms with E-state index < -0.39 is 0 Å². The van der Waals surface area contributed by atoms with Gasteiger partial charge in [-0.05, 0) is 50.5 Å². The molecule has 3 rings (SSSR count). The molecule has 3 nitrogen and oxygen atoms in total. The van der Waals surface area contributed by atoms with Gasteiger partial charge < -0.3 is 9.64 Å². The second-order valence-electron chi connectivity index (χ2n) is 6.10. The molecule has 0 N–H and O–H groups in total. The van der Waals surface area contributed by atoms with Gasteiger partial charge in [0.2, 0.25) is 5.91 Å². The van der Waals surface area contributed by atoms with Gasteiger partial charge in [0.1, 0.15) is 11.6 Å². The monoisotopic (exact) mass is 347 g/mol. The topological polar surface area (TPSA) is 29.5 Å². The van der Waals surface area contributed by atoms with Crippen molar-refractivity contribution >= 4 is 17.2 Å². The first-order chi connectivity index (χ1) is 11.6. The van der Waals surface area contributed by atoms with Gasteiger partial charge >= 0.3 is 0 Å². The van der Waals surface area contributed by atoms with E-state index in [4.69, 9.17) is 4.74 Å². The quantitative estimate of drug-likeness (QED) is 0.708. The summed E-state index contributed by atoms with van der Waals surface area (Å²) in [4.78, 5) is 17.1. The number of carbonyl (C=O) groups is 1. The highest BCUT2D eigenvalue weighted by atomic mass is 32.1. The van der Waals surface area contributed by atoms with E-state index in [0.717, 1.165) is 19.4 Å². The number of hydrogen-bond donors (Lipinski definition) is 0. The molecule has 1 saturated heterocycles. The summed E-state index contributed by atoms with van der Waals surface area (Å²) in [5.41, 5.74) is 0. The van der Waals surface area contributed by atoms with Crippen molar-refractivity contribution in [3.8, 4) is 5.75 Å². The third kappa shape index (κ3) is 4.15. The fraction of sp³-hybridized carbons (Fsp3) is 0.421. The van der Waals surface area contributed by atoms with Gasteiger partial charge in [-0.3, -0.25) is 4.79 Å². The van der Waals surface area contributed by atoms with Gasteiger partial charge in [0.25, 0.3) is 0 Å². The summed E-state index contributed by atoms with van der Waals surface area (Å²) in [6.07, 6.45) is 3.22. The minimum atomic E-state index is -0.310. The van der Waals surface area contributed by atoms with Crippen LogP contribution < -0.4 is 4.74 Å². The molecule has 5 heteroatoms. The zero-order chi connectivity index (χ0) is 16.9. The van der Waals surface area contributed by atoms with Gasteiger partial charge in [-0.2, -0.15) is 0 Å². The standard InChI is InChI=1S/C19H22FNO2S/c1-14-9-10-18(24-14)17-7-3-11-21(17)19(22)8-4-12-23-16-6-2-5-15(20)13-16/h2,5-6,9-10,13,17H,3-4,7-8,11-12H2,1H3. The van der Waals surface area contributed by atoms with Crippen LogP contribution in [0, 0.1) is 12.7 Å². The van der Waals surface area contributed by atoms with Crippen LogP contribution in [-0.2, 0) is 4.79 Å². The third-order valence-electron chi connectivity index (χ3n) is 4.26. The molecule has 1 aromatic carbocycles. The first kappa shape index (κ1) is 17.0. The number of rotatable bonds is 6. The van der Waals surface area contributed by atoms with Crippen LogP contribution in [0.25, 0.3) is 0 Å². The van der Waals surface area contributed by atoms with Gasteiger partial charge in [0, 0.05) is 28.8 Å². The Labute approximate surface area is 146 Å². The Bertz CT molecular complexity index is 700. The number of likely N-dealkylation sites (tertiary alicyclic amines) is 1. The summed E-state index contributed by atoms with van der Waals surface area (Å²) in [7, 11) is 0. The maximum absolute atomic E-state index is 13.1. The summed E-state index contributed by atoms with van der Waals surface area (Å²) in [5, 5.41) is 0. The Kier molecular flexibility index (Phi) is 5.51. The second kappa shape index (κ2) is 7.79. The smallest absolute Gasteiger partial charge is 0.223 e. The van der Waals surface area contributed by atoms with Gasteiger partial charge in [0.15, 0.2) is 0 Å². The maximum Gasteiger partial charge on any atom is 0.223 e. The molecule has 1 fully saturated rings. The van der Waals surface area contributed by atoms with Crippen molar-refractivity contribution in [3.63, 3.8) is 0 Å². The number of aryl methyl sites for hydroxylation is 1. The summed E-state index contributed by atoms with van der Waals surface area (Å²) in [6, 6.07) is 10.6. The van der Waals surface area contributed by atoms with Crippen LogP contribution in [0.15, 0.2) is 36.4 Å². The highest BCUT2D eigenvalue weighted by molar-refractivity contribution is 7.12. The molecule has 1 aliphatic rings. The van der Waals surface area contributed by atoms with Crippen LogP contribution in [0.4, 0.5) is 4.39 Å². The zero-order valence-electron chi connectivity index (χ0n) is 13.8. The molecular formula is C19H22FNO2S. The molecule has 1 aromatic heterocycles. The van der Waals surface area contributed by atoms with Crippen molar-refractivity contribution < 1.29 is 13.9 Å². The van der Waals surface area contributed by atoms with Crippen LogP contribution in [0.1, 0.15) is 41.5 Å². The number of thiophene rings is 1. The fourth-order valence-electron chi connectivity index (χ4n) is 3.11. The van der Waals surface area contributed by atoms with Crippen molar-refractivity contribution in [1.82, 2.24) is 4.90 Å². The molecule has 128 valence electrons. The lowest BCUT2D eigenvalue weighted by Crippen LogP contribution is -2.30. The van der Waals surface area contributed by atoms with E-state index in [-0.39, 0.29) is 17.8 Å². The highest BCUT2D eigenvalue weighted by Gasteiger charge is 2.30. The minimum Gasteiger partial charge on any atom is -0.493 e. The summed E-state index contributed by atoms with van der Waals surface area (Å²) >= 11 is 1.78. The summed E-state index contributed by atoms with van der Waals surface area (Å²) < 4.78 is 18.6. The average Bonchev–Trinajstić information content (AvgIpc) is 3.20. The molecule has 0 saturated carbocycles. The first-order valence-electron chi connectivity index (χ1n) is 8.37. The Morgan fingerprint density at radius 2 is 2.25 bits per heavy atom. The van der Waals surface area contributed by atoms with E-state index in [1.54, 1.807) is 23.5 Å². The Morgan fingerprint density at radius 3 is 3.00 bits per heavy atom. The predicted molar refractivity (Wildman–Crippen MR) is 93.9 cm³/mol. The van der Waals surface area contributed by atoms with E-state index in [0.29, 0.717) is 25.2 Å². The number of hydrogen-bond acceptors (Lipinski definition) is 3. The molecule has 24 heavy (non-hydrogen) atoms. The second-order valence-corrected chi connectivity index (χ2v) is 7.42.